The maximum absolute atomic E-state index is 11.5. The molecular weight excluding hydrogens is 304 g/mol. The van der Waals surface area contributed by atoms with Crippen molar-refractivity contribution in [2.75, 3.05) is 18.9 Å². The van der Waals surface area contributed by atoms with Gasteiger partial charge < -0.3 is 20.5 Å². The summed E-state index contributed by atoms with van der Waals surface area (Å²) in [6.45, 7) is 6.23. The molecule has 0 spiro atoms. The van der Waals surface area contributed by atoms with Gasteiger partial charge in [-0.25, -0.2) is 4.79 Å². The van der Waals surface area contributed by atoms with Crippen LogP contribution in [0.4, 0.5) is 10.5 Å². The maximum atomic E-state index is 11.5. The first-order valence-electron chi connectivity index (χ1n) is 7.89. The average molecular weight is 328 g/mol. The topological polar surface area (TPSA) is 73.6 Å². The van der Waals surface area contributed by atoms with E-state index in [9.17, 15) is 4.79 Å². The van der Waals surface area contributed by atoms with E-state index in [0.717, 1.165) is 22.6 Å². The van der Waals surface area contributed by atoms with Crippen LogP contribution in [0.5, 0.6) is 5.75 Å². The number of nitrogen functional groups attached to an aromatic ring is 1. The van der Waals surface area contributed by atoms with Crippen LogP contribution in [-0.2, 0) is 4.74 Å². The number of nitrogens with one attached hydrogen (secondary N) is 1. The standard InChI is InChI=1S/C19H24N2O3/c1-19(2,3)24-18(22)21-12-13-23-17-10-6-15(7-11-17)14-4-8-16(20)9-5-14/h4-11H,12-13,20H2,1-3H3,(H,21,22). The first kappa shape index (κ1) is 17.7. The van der Waals surface area contributed by atoms with Crippen molar-refractivity contribution in [3.63, 3.8) is 0 Å². The molecule has 0 bridgehead atoms. The summed E-state index contributed by atoms with van der Waals surface area (Å²) in [5.74, 6) is 0.750. The second-order valence-corrected chi connectivity index (χ2v) is 6.42. The van der Waals surface area contributed by atoms with Crippen molar-refractivity contribution < 1.29 is 14.3 Å². The molecule has 0 aliphatic heterocycles. The first-order chi connectivity index (χ1) is 11.3. The minimum atomic E-state index is -0.497. The number of hydrogen-bond acceptors (Lipinski definition) is 4. The van der Waals surface area contributed by atoms with Gasteiger partial charge in [0, 0.05) is 5.69 Å². The highest BCUT2D eigenvalue weighted by Crippen LogP contribution is 2.23. The van der Waals surface area contributed by atoms with Crippen LogP contribution < -0.4 is 15.8 Å². The zero-order chi connectivity index (χ0) is 17.6. The number of alkyl carbamates (subject to hydrolysis) is 1. The summed E-state index contributed by atoms with van der Waals surface area (Å²) >= 11 is 0. The van der Waals surface area contributed by atoms with Crippen LogP contribution in [0.25, 0.3) is 11.1 Å². The Morgan fingerprint density at radius 1 is 1.00 bits per heavy atom. The van der Waals surface area contributed by atoms with Gasteiger partial charge in [0.2, 0.25) is 0 Å². The molecule has 2 aromatic carbocycles. The molecule has 128 valence electrons. The van der Waals surface area contributed by atoms with Gasteiger partial charge in [-0.05, 0) is 56.2 Å². The largest absolute Gasteiger partial charge is 0.492 e. The first-order valence-corrected chi connectivity index (χ1v) is 7.89. The van der Waals surface area contributed by atoms with Crippen molar-refractivity contribution in [1.82, 2.24) is 5.32 Å². The summed E-state index contributed by atoms with van der Waals surface area (Å²) in [6.07, 6.45) is -0.440. The van der Waals surface area contributed by atoms with E-state index < -0.39 is 11.7 Å². The van der Waals surface area contributed by atoms with E-state index in [1.54, 1.807) is 0 Å². The molecule has 2 aromatic rings. The van der Waals surface area contributed by atoms with Gasteiger partial charge in [-0.3, -0.25) is 0 Å². The summed E-state index contributed by atoms with van der Waals surface area (Å²) < 4.78 is 10.8. The van der Waals surface area contributed by atoms with Gasteiger partial charge in [0.05, 0.1) is 6.54 Å². The maximum Gasteiger partial charge on any atom is 0.407 e. The van der Waals surface area contributed by atoms with Crippen LogP contribution in [0.2, 0.25) is 0 Å². The SMILES string of the molecule is CC(C)(C)OC(=O)NCCOc1ccc(-c2ccc(N)cc2)cc1. The van der Waals surface area contributed by atoms with Gasteiger partial charge in [0.25, 0.3) is 0 Å². The van der Waals surface area contributed by atoms with Crippen molar-refractivity contribution in [2.24, 2.45) is 0 Å². The fraction of sp³-hybridized carbons (Fsp3) is 0.316. The highest BCUT2D eigenvalue weighted by atomic mass is 16.6. The Labute approximate surface area is 142 Å². The minimum Gasteiger partial charge on any atom is -0.492 e. The number of benzene rings is 2. The van der Waals surface area contributed by atoms with E-state index in [1.165, 1.54) is 0 Å². The molecule has 3 N–H and O–H groups in total. The van der Waals surface area contributed by atoms with E-state index in [4.69, 9.17) is 15.2 Å². The van der Waals surface area contributed by atoms with Crippen molar-refractivity contribution in [2.45, 2.75) is 26.4 Å². The van der Waals surface area contributed by atoms with Gasteiger partial charge in [-0.1, -0.05) is 24.3 Å². The second-order valence-electron chi connectivity index (χ2n) is 6.42. The molecule has 0 aliphatic carbocycles. The van der Waals surface area contributed by atoms with Crippen molar-refractivity contribution in [3.8, 4) is 16.9 Å². The smallest absolute Gasteiger partial charge is 0.407 e. The van der Waals surface area contributed by atoms with Gasteiger partial charge in [-0.2, -0.15) is 0 Å². The average Bonchev–Trinajstić information content (AvgIpc) is 2.51. The zero-order valence-corrected chi connectivity index (χ0v) is 14.3. The molecule has 24 heavy (non-hydrogen) atoms. The predicted molar refractivity (Wildman–Crippen MR) is 96.0 cm³/mol. The molecule has 0 heterocycles. The van der Waals surface area contributed by atoms with Crippen LogP contribution in [0.1, 0.15) is 20.8 Å². The Morgan fingerprint density at radius 3 is 2.08 bits per heavy atom. The monoisotopic (exact) mass is 328 g/mol. The number of rotatable bonds is 5. The number of ether oxygens (including phenoxy) is 2. The third-order valence-electron chi connectivity index (χ3n) is 3.14. The van der Waals surface area contributed by atoms with Crippen molar-refractivity contribution in [3.05, 3.63) is 48.5 Å². The number of nitrogens with two attached hydrogens (primary N) is 1. The lowest BCUT2D eigenvalue weighted by molar-refractivity contribution is 0.0520. The molecule has 0 aromatic heterocycles. The van der Waals surface area contributed by atoms with Crippen LogP contribution in [-0.4, -0.2) is 24.8 Å². The third kappa shape index (κ3) is 5.83. The molecule has 2 rings (SSSR count). The number of carbonyl (C=O) groups is 1. The molecule has 0 radical (unpaired) electrons. The van der Waals surface area contributed by atoms with Crippen LogP contribution in [0.3, 0.4) is 0 Å². The number of amides is 1. The molecule has 0 saturated carbocycles. The molecule has 5 nitrogen and oxygen atoms in total. The molecule has 0 saturated heterocycles. The van der Waals surface area contributed by atoms with Crippen molar-refractivity contribution in [1.29, 1.82) is 0 Å². The Morgan fingerprint density at radius 2 is 1.54 bits per heavy atom. The summed E-state index contributed by atoms with van der Waals surface area (Å²) in [5, 5.41) is 2.65. The van der Waals surface area contributed by atoms with E-state index >= 15 is 0 Å². The number of carbonyl (C=O) groups excluding carboxylic acids is 1. The van der Waals surface area contributed by atoms with E-state index in [1.807, 2.05) is 69.3 Å². The molecule has 5 heteroatoms. The molecule has 1 amide bonds. The fourth-order valence-electron chi connectivity index (χ4n) is 2.06. The molecule has 0 aliphatic rings. The number of hydrogen-bond donors (Lipinski definition) is 2. The summed E-state index contributed by atoms with van der Waals surface area (Å²) in [7, 11) is 0. The van der Waals surface area contributed by atoms with Gasteiger partial charge in [0.15, 0.2) is 0 Å². The normalized spacial score (nSPS) is 11.0. The summed E-state index contributed by atoms with van der Waals surface area (Å²) in [6, 6.07) is 15.5. The van der Waals surface area contributed by atoms with Crippen LogP contribution >= 0.6 is 0 Å². The lowest BCUT2D eigenvalue weighted by Gasteiger charge is -2.19. The summed E-state index contributed by atoms with van der Waals surface area (Å²) in [5.41, 5.74) is 8.13. The second kappa shape index (κ2) is 7.73. The van der Waals surface area contributed by atoms with Gasteiger partial charge >= 0.3 is 6.09 Å². The van der Waals surface area contributed by atoms with Gasteiger partial charge in [-0.15, -0.1) is 0 Å². The lowest BCUT2D eigenvalue weighted by atomic mass is 10.1. The zero-order valence-electron chi connectivity index (χ0n) is 14.3. The van der Waals surface area contributed by atoms with Crippen LogP contribution in [0, 0.1) is 0 Å². The highest BCUT2D eigenvalue weighted by molar-refractivity contribution is 5.67. The fourth-order valence-corrected chi connectivity index (χ4v) is 2.06. The van der Waals surface area contributed by atoms with Crippen molar-refractivity contribution >= 4 is 11.8 Å². The molecule has 0 atom stereocenters. The Kier molecular flexibility index (Phi) is 5.68. The minimum absolute atomic E-state index is 0.375. The molecule has 0 unspecified atom stereocenters. The lowest BCUT2D eigenvalue weighted by Crippen LogP contribution is -2.34. The van der Waals surface area contributed by atoms with E-state index in [2.05, 4.69) is 5.32 Å². The Bertz CT molecular complexity index is 659. The van der Waals surface area contributed by atoms with Crippen LogP contribution in [0.15, 0.2) is 48.5 Å². The number of anilines is 1. The quantitative estimate of drug-likeness (QED) is 0.646. The third-order valence-corrected chi connectivity index (χ3v) is 3.14. The van der Waals surface area contributed by atoms with E-state index in [-0.39, 0.29) is 0 Å². The Hall–Kier alpha value is -2.69. The summed E-state index contributed by atoms with van der Waals surface area (Å²) in [4.78, 5) is 11.5. The van der Waals surface area contributed by atoms with E-state index in [0.29, 0.717) is 13.2 Å². The Balaban J connectivity index is 1.78. The predicted octanol–water partition coefficient (Wildman–Crippen LogP) is 3.84. The molecule has 0 fully saturated rings. The van der Waals surface area contributed by atoms with Gasteiger partial charge in [0.1, 0.15) is 18.0 Å². The molecular formula is C19H24N2O3. The highest BCUT2D eigenvalue weighted by Gasteiger charge is 2.15.